The molecule has 8 nitrogen and oxygen atoms in total. The van der Waals surface area contributed by atoms with E-state index in [9.17, 15) is 33.0 Å². The van der Waals surface area contributed by atoms with Crippen LogP contribution >= 0.6 is 0 Å². The van der Waals surface area contributed by atoms with Gasteiger partial charge in [-0.3, -0.25) is 4.79 Å². The summed E-state index contributed by atoms with van der Waals surface area (Å²) in [5.74, 6) is -1.41. The minimum atomic E-state index is -4.53. The lowest BCUT2D eigenvalue weighted by atomic mass is 9.98. The van der Waals surface area contributed by atoms with Gasteiger partial charge in [-0.15, -0.1) is 0 Å². The largest absolute Gasteiger partial charge is 0.508 e. The number of nitrogens with one attached hydrogen (secondary N) is 2. The van der Waals surface area contributed by atoms with Crippen molar-refractivity contribution in [2.75, 3.05) is 0 Å². The van der Waals surface area contributed by atoms with E-state index in [4.69, 9.17) is 0 Å². The van der Waals surface area contributed by atoms with Crippen molar-refractivity contribution in [3.63, 3.8) is 0 Å². The third-order valence-corrected chi connectivity index (χ3v) is 6.33. The van der Waals surface area contributed by atoms with Gasteiger partial charge >= 0.3 is 12.1 Å². The number of carbonyl (C=O) groups is 2. The maximum atomic E-state index is 13.3. The SMILES string of the molecule is O=C(N[C@H](Cc1ccc(O)cc1)c1ncc[nH]1)c1cc(C(=O)O)c2cc(-c3cccc(C(F)(F)F)c3)ccc2n1. The molecule has 5 aromatic rings. The Kier molecular flexibility index (Phi) is 6.95. The van der Waals surface area contributed by atoms with E-state index in [2.05, 4.69) is 20.3 Å². The first-order valence-corrected chi connectivity index (χ1v) is 12.0. The molecule has 0 saturated carbocycles. The maximum absolute atomic E-state index is 13.3. The molecule has 4 N–H and O–H groups in total. The molecule has 0 aliphatic carbocycles. The fourth-order valence-electron chi connectivity index (χ4n) is 4.36. The van der Waals surface area contributed by atoms with Crippen LogP contribution in [0.25, 0.3) is 22.0 Å². The standard InChI is InChI=1S/C29H21F3N4O4/c30-29(31,32)19-3-1-2-17(13-19)18-6-9-23-21(14-18)22(28(39)40)15-25(35-23)27(38)36-24(26-33-10-11-34-26)12-16-4-7-20(37)8-5-16/h1-11,13-15,24,37H,12H2,(H,33,34)(H,36,38)(H,39,40)/t24-/m1/s1. The van der Waals surface area contributed by atoms with Gasteiger partial charge in [-0.1, -0.05) is 30.3 Å². The third-order valence-electron chi connectivity index (χ3n) is 6.33. The van der Waals surface area contributed by atoms with E-state index < -0.39 is 29.7 Å². The Labute approximate surface area is 225 Å². The molecule has 11 heteroatoms. The number of pyridine rings is 1. The summed E-state index contributed by atoms with van der Waals surface area (Å²) in [6.45, 7) is 0. The van der Waals surface area contributed by atoms with Crippen molar-refractivity contribution >= 4 is 22.8 Å². The van der Waals surface area contributed by atoms with Gasteiger partial charge in [0.2, 0.25) is 0 Å². The number of aromatic carboxylic acids is 1. The predicted molar refractivity (Wildman–Crippen MR) is 140 cm³/mol. The molecular formula is C29H21F3N4O4. The monoisotopic (exact) mass is 546 g/mol. The van der Waals surface area contributed by atoms with Crippen LogP contribution in [0.2, 0.25) is 0 Å². The summed E-state index contributed by atoms with van der Waals surface area (Å²) in [5.41, 5.74) is 0.411. The summed E-state index contributed by atoms with van der Waals surface area (Å²) >= 11 is 0. The highest BCUT2D eigenvalue weighted by atomic mass is 19.4. The van der Waals surface area contributed by atoms with Crippen LogP contribution in [-0.4, -0.2) is 37.0 Å². The first kappa shape index (κ1) is 26.4. The highest BCUT2D eigenvalue weighted by molar-refractivity contribution is 6.06. The number of carboxylic acids is 1. The third kappa shape index (κ3) is 5.63. The Balaban J connectivity index is 1.48. The molecule has 0 aliphatic heterocycles. The van der Waals surface area contributed by atoms with E-state index in [0.29, 0.717) is 17.8 Å². The van der Waals surface area contributed by atoms with Crippen LogP contribution in [0.1, 0.15) is 43.8 Å². The van der Waals surface area contributed by atoms with Crippen molar-refractivity contribution in [2.45, 2.75) is 18.6 Å². The van der Waals surface area contributed by atoms with Crippen molar-refractivity contribution in [2.24, 2.45) is 0 Å². The minimum Gasteiger partial charge on any atom is -0.508 e. The molecule has 1 amide bonds. The normalized spacial score (nSPS) is 12.3. The Bertz CT molecular complexity index is 1700. The molecule has 40 heavy (non-hydrogen) atoms. The predicted octanol–water partition coefficient (Wildman–Crippen LogP) is 5.76. The fourth-order valence-corrected chi connectivity index (χ4v) is 4.36. The molecule has 0 bridgehead atoms. The zero-order chi connectivity index (χ0) is 28.4. The second kappa shape index (κ2) is 10.5. The summed E-state index contributed by atoms with van der Waals surface area (Å²) in [4.78, 5) is 37.0. The number of aromatic amines is 1. The molecule has 0 unspecified atom stereocenters. The number of benzene rings is 3. The summed E-state index contributed by atoms with van der Waals surface area (Å²) in [7, 11) is 0. The molecule has 0 fully saturated rings. The molecule has 5 rings (SSSR count). The average molecular weight is 547 g/mol. The van der Waals surface area contributed by atoms with Crippen LogP contribution in [-0.2, 0) is 12.6 Å². The van der Waals surface area contributed by atoms with Gasteiger partial charge in [0, 0.05) is 17.8 Å². The number of rotatable bonds is 7. The average Bonchev–Trinajstić information content (AvgIpc) is 3.47. The first-order chi connectivity index (χ1) is 19.1. The second-order valence-electron chi connectivity index (χ2n) is 9.04. The number of imidazole rings is 1. The number of hydrogen-bond acceptors (Lipinski definition) is 5. The van der Waals surface area contributed by atoms with E-state index in [1.807, 2.05) is 0 Å². The van der Waals surface area contributed by atoms with Crippen LogP contribution in [0.3, 0.4) is 0 Å². The Morgan fingerprint density at radius 3 is 2.40 bits per heavy atom. The van der Waals surface area contributed by atoms with E-state index in [1.165, 1.54) is 48.7 Å². The van der Waals surface area contributed by atoms with Gasteiger partial charge in [0.05, 0.1) is 22.7 Å². The van der Waals surface area contributed by atoms with Crippen LogP contribution in [0.4, 0.5) is 13.2 Å². The van der Waals surface area contributed by atoms with Crippen molar-refractivity contribution in [3.05, 3.63) is 113 Å². The van der Waals surface area contributed by atoms with Crippen molar-refractivity contribution < 1.29 is 33.0 Å². The van der Waals surface area contributed by atoms with Gasteiger partial charge in [-0.25, -0.2) is 14.8 Å². The van der Waals surface area contributed by atoms with Gasteiger partial charge in [0.25, 0.3) is 5.91 Å². The number of alkyl halides is 3. The van der Waals surface area contributed by atoms with Gasteiger partial charge in [-0.2, -0.15) is 13.2 Å². The summed E-state index contributed by atoms with van der Waals surface area (Å²) in [6, 6.07) is 16.1. The number of H-pyrrole nitrogens is 1. The molecule has 1 atom stereocenters. The summed E-state index contributed by atoms with van der Waals surface area (Å²) in [6.07, 6.45) is -1.08. The maximum Gasteiger partial charge on any atom is 0.416 e. The number of carboxylic acid groups (broad SMARTS) is 1. The number of phenolic OH excluding ortho intramolecular Hbond substituents is 1. The van der Waals surface area contributed by atoms with Gasteiger partial charge in [0.15, 0.2) is 0 Å². The summed E-state index contributed by atoms with van der Waals surface area (Å²) in [5, 5.41) is 22.5. The number of halogens is 3. The Morgan fingerprint density at radius 2 is 1.73 bits per heavy atom. The number of carbonyl (C=O) groups excluding carboxylic acids is 1. The number of nitrogens with zero attached hydrogens (tertiary/aromatic N) is 2. The number of phenols is 1. The lowest BCUT2D eigenvalue weighted by Crippen LogP contribution is -2.31. The lowest BCUT2D eigenvalue weighted by molar-refractivity contribution is -0.137. The second-order valence-corrected chi connectivity index (χ2v) is 9.04. The molecule has 0 radical (unpaired) electrons. The number of aromatic nitrogens is 3. The van der Waals surface area contributed by atoms with Crippen LogP contribution in [0, 0.1) is 0 Å². The number of fused-ring (bicyclic) bond motifs is 1. The Morgan fingerprint density at radius 1 is 0.975 bits per heavy atom. The summed E-state index contributed by atoms with van der Waals surface area (Å²) < 4.78 is 39.6. The Hall–Kier alpha value is -5.19. The molecule has 2 aromatic heterocycles. The van der Waals surface area contributed by atoms with E-state index in [0.717, 1.165) is 23.8 Å². The molecule has 0 aliphatic rings. The molecule has 3 aromatic carbocycles. The molecule has 202 valence electrons. The van der Waals surface area contributed by atoms with Gasteiger partial charge in [-0.05, 0) is 65.6 Å². The van der Waals surface area contributed by atoms with Crippen LogP contribution < -0.4 is 5.32 Å². The number of aromatic hydroxyl groups is 1. The lowest BCUT2D eigenvalue weighted by Gasteiger charge is -2.17. The smallest absolute Gasteiger partial charge is 0.416 e. The molecule has 0 saturated heterocycles. The number of amides is 1. The molecule has 0 spiro atoms. The molecular weight excluding hydrogens is 525 g/mol. The fraction of sp³-hybridized carbons (Fsp3) is 0.103. The topological polar surface area (TPSA) is 128 Å². The quantitative estimate of drug-likeness (QED) is 0.206. The van der Waals surface area contributed by atoms with Gasteiger partial charge < -0.3 is 20.5 Å². The van der Waals surface area contributed by atoms with Crippen LogP contribution in [0.15, 0.2) is 85.2 Å². The van der Waals surface area contributed by atoms with E-state index in [1.54, 1.807) is 18.3 Å². The minimum absolute atomic E-state index is 0.0973. The van der Waals surface area contributed by atoms with E-state index in [-0.39, 0.29) is 33.5 Å². The molecule has 2 heterocycles. The number of hydrogen-bond donors (Lipinski definition) is 4. The zero-order valence-corrected chi connectivity index (χ0v) is 20.6. The van der Waals surface area contributed by atoms with Crippen molar-refractivity contribution in [1.82, 2.24) is 20.3 Å². The van der Waals surface area contributed by atoms with Crippen LogP contribution in [0.5, 0.6) is 5.75 Å². The van der Waals surface area contributed by atoms with E-state index >= 15 is 0 Å². The van der Waals surface area contributed by atoms with Crippen molar-refractivity contribution in [1.29, 1.82) is 0 Å². The first-order valence-electron chi connectivity index (χ1n) is 12.0. The zero-order valence-electron chi connectivity index (χ0n) is 20.6. The van der Waals surface area contributed by atoms with Gasteiger partial charge in [0.1, 0.15) is 17.3 Å². The highest BCUT2D eigenvalue weighted by Crippen LogP contribution is 2.33. The highest BCUT2D eigenvalue weighted by Gasteiger charge is 2.30. The van der Waals surface area contributed by atoms with Crippen molar-refractivity contribution in [3.8, 4) is 16.9 Å².